The van der Waals surface area contributed by atoms with Gasteiger partial charge < -0.3 is 4.74 Å². The third-order valence-corrected chi connectivity index (χ3v) is 4.55. The van der Waals surface area contributed by atoms with Crippen molar-refractivity contribution >= 4 is 32.7 Å². The van der Waals surface area contributed by atoms with Crippen LogP contribution in [0.3, 0.4) is 0 Å². The summed E-state index contributed by atoms with van der Waals surface area (Å²) in [7, 11) is 1.36. The third-order valence-electron chi connectivity index (χ3n) is 2.05. The van der Waals surface area contributed by atoms with Gasteiger partial charge in [-0.3, -0.25) is 0 Å². The maximum atomic E-state index is 5.70. The van der Waals surface area contributed by atoms with Gasteiger partial charge in [-0.2, -0.15) is 0 Å². The summed E-state index contributed by atoms with van der Waals surface area (Å²) in [5.41, 5.74) is 1.33. The van der Waals surface area contributed by atoms with Crippen LogP contribution in [-0.4, -0.2) is 21.1 Å². The first-order chi connectivity index (χ1) is 6.72. The van der Waals surface area contributed by atoms with E-state index in [0.29, 0.717) is 0 Å². The van der Waals surface area contributed by atoms with E-state index >= 15 is 0 Å². The Labute approximate surface area is 97.2 Å². The van der Waals surface area contributed by atoms with E-state index in [9.17, 15) is 0 Å². The number of rotatable bonds is 5. The Morgan fingerprint density at radius 1 is 1.29 bits per heavy atom. The highest BCUT2D eigenvalue weighted by Gasteiger charge is 2.00. The number of hydrogen-bond acceptors (Lipinski definition) is 1. The normalized spacial score (nSPS) is 11.4. The molecule has 0 amide bonds. The monoisotopic (exact) mass is 248 g/mol. The first-order valence-corrected chi connectivity index (χ1v) is 7.32. The SMILES string of the molecule is COc1ccc(CC[SiH2]C(Cl)Cl)cc1. The van der Waals surface area contributed by atoms with Crippen LogP contribution in [0.15, 0.2) is 24.3 Å². The lowest BCUT2D eigenvalue weighted by Crippen LogP contribution is -2.02. The minimum Gasteiger partial charge on any atom is -0.497 e. The molecule has 14 heavy (non-hydrogen) atoms. The van der Waals surface area contributed by atoms with Crippen molar-refractivity contribution in [2.75, 3.05) is 7.11 Å². The standard InChI is InChI=1S/C10H14Cl2OSi/c1-13-9-4-2-8(3-5-9)6-7-14-10(11)12/h2-5,10H,6-7,14H2,1H3. The van der Waals surface area contributed by atoms with Crippen molar-refractivity contribution in [1.82, 2.24) is 0 Å². The number of methoxy groups -OCH3 is 1. The van der Waals surface area contributed by atoms with Gasteiger partial charge >= 0.3 is 0 Å². The molecule has 0 fully saturated rings. The molecule has 1 aromatic carbocycles. The minimum atomic E-state index is -0.313. The average Bonchev–Trinajstić information content (AvgIpc) is 2.18. The molecule has 0 aliphatic heterocycles. The van der Waals surface area contributed by atoms with Crippen LogP contribution >= 0.6 is 23.2 Å². The van der Waals surface area contributed by atoms with Crippen molar-refractivity contribution in [3.05, 3.63) is 29.8 Å². The number of aryl methyl sites for hydroxylation is 1. The Kier molecular flexibility index (Phi) is 5.37. The highest BCUT2D eigenvalue weighted by atomic mass is 35.5. The molecule has 4 heteroatoms. The molecule has 0 aromatic heterocycles. The maximum absolute atomic E-state index is 5.70. The highest BCUT2D eigenvalue weighted by molar-refractivity contribution is 6.68. The fourth-order valence-corrected chi connectivity index (χ4v) is 3.10. The lowest BCUT2D eigenvalue weighted by atomic mass is 10.2. The molecule has 1 aromatic rings. The molecule has 0 spiro atoms. The van der Waals surface area contributed by atoms with Crippen LogP contribution in [0.5, 0.6) is 5.75 Å². The second-order valence-electron chi connectivity index (χ2n) is 3.13. The predicted octanol–water partition coefficient (Wildman–Crippen LogP) is 2.59. The summed E-state index contributed by atoms with van der Waals surface area (Å²) in [6.45, 7) is 0. The average molecular weight is 249 g/mol. The zero-order valence-corrected chi connectivity index (χ0v) is 11.1. The first-order valence-electron chi connectivity index (χ1n) is 4.63. The van der Waals surface area contributed by atoms with E-state index in [0.717, 1.165) is 18.2 Å². The lowest BCUT2D eigenvalue weighted by Gasteiger charge is -2.03. The number of benzene rings is 1. The van der Waals surface area contributed by atoms with Crippen LogP contribution in [-0.2, 0) is 6.42 Å². The van der Waals surface area contributed by atoms with Gasteiger partial charge in [-0.1, -0.05) is 18.2 Å². The van der Waals surface area contributed by atoms with Gasteiger partial charge in [0.05, 0.1) is 21.1 Å². The summed E-state index contributed by atoms with van der Waals surface area (Å²) >= 11 is 11.4. The van der Waals surface area contributed by atoms with Gasteiger partial charge in [0, 0.05) is 0 Å². The minimum absolute atomic E-state index is 0.103. The maximum Gasteiger partial charge on any atom is 0.118 e. The number of hydrogen-bond donors (Lipinski definition) is 0. The summed E-state index contributed by atoms with van der Waals surface area (Å²) in [4.78, 5) is 0. The van der Waals surface area contributed by atoms with Crippen LogP contribution in [0.2, 0.25) is 6.04 Å². The molecule has 0 aliphatic carbocycles. The molecule has 0 radical (unpaired) electrons. The van der Waals surface area contributed by atoms with E-state index in [1.807, 2.05) is 12.1 Å². The Hall–Kier alpha value is -0.183. The Balaban J connectivity index is 2.36. The summed E-state index contributed by atoms with van der Waals surface area (Å²) in [5.74, 6) is 0.901. The molecule has 0 unspecified atom stereocenters. The first kappa shape index (κ1) is 11.9. The van der Waals surface area contributed by atoms with Crippen molar-refractivity contribution in [1.29, 1.82) is 0 Å². The van der Waals surface area contributed by atoms with E-state index in [1.54, 1.807) is 7.11 Å². The van der Waals surface area contributed by atoms with E-state index in [4.69, 9.17) is 27.9 Å². The van der Waals surface area contributed by atoms with Gasteiger partial charge in [0.25, 0.3) is 0 Å². The fraction of sp³-hybridized carbons (Fsp3) is 0.400. The van der Waals surface area contributed by atoms with Crippen molar-refractivity contribution < 1.29 is 4.74 Å². The molecule has 78 valence electrons. The van der Waals surface area contributed by atoms with Gasteiger partial charge in [0.1, 0.15) is 5.75 Å². The van der Waals surface area contributed by atoms with E-state index in [-0.39, 0.29) is 14.0 Å². The smallest absolute Gasteiger partial charge is 0.118 e. The molecule has 0 aliphatic rings. The third kappa shape index (κ3) is 4.36. The predicted molar refractivity (Wildman–Crippen MR) is 65.5 cm³/mol. The Bertz CT molecular complexity index is 261. The Morgan fingerprint density at radius 3 is 2.43 bits per heavy atom. The molecule has 0 saturated carbocycles. The molecule has 1 rings (SSSR count). The zero-order valence-electron chi connectivity index (χ0n) is 8.17. The van der Waals surface area contributed by atoms with Crippen LogP contribution in [0.4, 0.5) is 0 Å². The summed E-state index contributed by atoms with van der Waals surface area (Å²) < 4.78 is 4.97. The fourth-order valence-electron chi connectivity index (χ4n) is 1.25. The van der Waals surface area contributed by atoms with E-state index in [2.05, 4.69) is 12.1 Å². The van der Waals surface area contributed by atoms with Gasteiger partial charge in [0.2, 0.25) is 0 Å². The number of ether oxygens (including phenoxy) is 1. The lowest BCUT2D eigenvalue weighted by molar-refractivity contribution is 0.414. The second kappa shape index (κ2) is 6.33. The van der Waals surface area contributed by atoms with Gasteiger partial charge in [-0.15, -0.1) is 23.2 Å². The summed E-state index contributed by atoms with van der Waals surface area (Å²) in [6, 6.07) is 9.30. The molecule has 0 bridgehead atoms. The number of halogens is 2. The van der Waals surface area contributed by atoms with Crippen LogP contribution in [0.1, 0.15) is 5.56 Å². The zero-order chi connectivity index (χ0) is 10.4. The molecule has 0 saturated heterocycles. The van der Waals surface area contributed by atoms with Crippen molar-refractivity contribution in [2.24, 2.45) is 0 Å². The van der Waals surface area contributed by atoms with E-state index < -0.39 is 0 Å². The molecule has 0 heterocycles. The molecule has 1 nitrogen and oxygen atoms in total. The Morgan fingerprint density at radius 2 is 1.93 bits per heavy atom. The largest absolute Gasteiger partial charge is 0.497 e. The molecular weight excluding hydrogens is 235 g/mol. The molecule has 0 atom stereocenters. The van der Waals surface area contributed by atoms with Crippen molar-refractivity contribution in [3.8, 4) is 5.75 Å². The van der Waals surface area contributed by atoms with Crippen molar-refractivity contribution in [3.63, 3.8) is 0 Å². The second-order valence-corrected chi connectivity index (χ2v) is 7.54. The van der Waals surface area contributed by atoms with Gasteiger partial charge in [0.15, 0.2) is 0 Å². The van der Waals surface area contributed by atoms with Gasteiger partial charge in [-0.05, 0) is 24.1 Å². The molecule has 0 N–H and O–H groups in total. The van der Waals surface area contributed by atoms with Crippen LogP contribution in [0, 0.1) is 0 Å². The van der Waals surface area contributed by atoms with Crippen LogP contribution in [0.25, 0.3) is 0 Å². The van der Waals surface area contributed by atoms with Crippen LogP contribution < -0.4 is 4.74 Å². The van der Waals surface area contributed by atoms with Gasteiger partial charge in [-0.25, -0.2) is 0 Å². The molecular formula is C10H14Cl2OSi. The number of alkyl halides is 2. The van der Waals surface area contributed by atoms with Crippen molar-refractivity contribution in [2.45, 2.75) is 16.9 Å². The topological polar surface area (TPSA) is 9.23 Å². The summed E-state index contributed by atoms with van der Waals surface area (Å²) in [5, 5.41) is 0. The highest BCUT2D eigenvalue weighted by Crippen LogP contribution is 2.13. The summed E-state index contributed by atoms with van der Waals surface area (Å²) in [6.07, 6.45) is 1.08. The quantitative estimate of drug-likeness (QED) is 0.575. The van der Waals surface area contributed by atoms with E-state index in [1.165, 1.54) is 5.56 Å².